The predicted molar refractivity (Wildman–Crippen MR) is 316 cm³/mol. The Morgan fingerprint density at radius 3 is 2.19 bits per heavy atom. The number of hydrogen-bond acceptors (Lipinski definition) is 17. The largest absolute Gasteiger partial charge is 0.509 e. The van der Waals surface area contributed by atoms with Gasteiger partial charge in [-0.25, -0.2) is 9.59 Å². The maximum absolute atomic E-state index is 14.8. The lowest BCUT2D eigenvalue weighted by Crippen LogP contribution is -2.61. The minimum atomic E-state index is -2.46. The summed E-state index contributed by atoms with van der Waals surface area (Å²) in [6.07, 6.45) is 10.1. The number of nitrogens with zero attached hydrogens (tertiary/aromatic N) is 1. The van der Waals surface area contributed by atoms with E-state index in [1.54, 1.807) is 61.8 Å². The summed E-state index contributed by atoms with van der Waals surface area (Å²) < 4.78 is 60.5. The van der Waals surface area contributed by atoms with Crippen molar-refractivity contribution in [3.05, 3.63) is 47.6 Å². The van der Waals surface area contributed by atoms with Crippen molar-refractivity contribution in [3.8, 4) is 0 Å². The molecule has 4 heterocycles. The van der Waals surface area contributed by atoms with Crippen molar-refractivity contribution in [2.45, 2.75) is 245 Å². The fraction of sp³-hybridized carbons (Fsp3) is 0.781. The molecule has 2 bridgehead atoms. The summed E-state index contributed by atoms with van der Waals surface area (Å²) in [6, 6.07) is -1.18. The molecule has 1 N–H and O–H groups in total. The Bertz CT molecular complexity index is 2340. The predicted octanol–water partition coefficient (Wildman–Crippen LogP) is 10.5. The minimum Gasteiger partial charge on any atom is -0.460 e. The number of cyclic esters (lactones) is 1. The fourth-order valence-electron chi connectivity index (χ4n) is 12.1. The van der Waals surface area contributed by atoms with E-state index in [1.807, 2.05) is 51.2 Å². The highest BCUT2D eigenvalue weighted by Gasteiger charge is 2.53. The Morgan fingerprint density at radius 1 is 0.843 bits per heavy atom. The molecule has 1 saturated carbocycles. The van der Waals surface area contributed by atoms with E-state index in [9.17, 15) is 33.9 Å². The Kier molecular flexibility index (Phi) is 25.8. The van der Waals surface area contributed by atoms with Crippen molar-refractivity contribution < 1.29 is 80.9 Å². The third-order valence-electron chi connectivity index (χ3n) is 18.4. The average Bonchev–Trinajstić information content (AvgIpc) is 3.87. The van der Waals surface area contributed by atoms with E-state index in [4.69, 9.17) is 47.1 Å². The molecule has 18 nitrogen and oxygen atoms in total. The van der Waals surface area contributed by atoms with Gasteiger partial charge in [0.2, 0.25) is 5.79 Å². The lowest BCUT2D eigenvalue weighted by atomic mass is 9.78. The van der Waals surface area contributed by atoms with E-state index in [0.717, 1.165) is 18.4 Å². The molecule has 1 aliphatic carbocycles. The highest BCUT2D eigenvalue weighted by molar-refractivity contribution is 6.74. The number of fused-ring (bicyclic) bond motifs is 3. The van der Waals surface area contributed by atoms with E-state index >= 15 is 0 Å². The van der Waals surface area contributed by atoms with Crippen molar-refractivity contribution in [3.63, 3.8) is 0 Å². The summed E-state index contributed by atoms with van der Waals surface area (Å²) in [5, 5.41) is 12.1. The number of piperidine rings is 1. The van der Waals surface area contributed by atoms with Crippen molar-refractivity contribution in [2.24, 2.45) is 35.5 Å². The maximum Gasteiger partial charge on any atom is 0.509 e. The number of ketones is 3. The van der Waals surface area contributed by atoms with Gasteiger partial charge in [-0.15, -0.1) is 0 Å². The van der Waals surface area contributed by atoms with Gasteiger partial charge in [-0.05, 0) is 139 Å². The minimum absolute atomic E-state index is 0.00544. The third kappa shape index (κ3) is 19.0. The lowest BCUT2D eigenvalue weighted by molar-refractivity contribution is -0.265. The van der Waals surface area contributed by atoms with Gasteiger partial charge in [0, 0.05) is 58.5 Å². The molecule has 0 radical (unpaired) electrons. The number of hydrogen-bond donors (Lipinski definition) is 1. The highest BCUT2D eigenvalue weighted by atomic mass is 28.4. The molecular weight excluding hydrogens is 1080 g/mol. The first-order valence-corrected chi connectivity index (χ1v) is 33.4. The van der Waals surface area contributed by atoms with Crippen LogP contribution in [0.3, 0.4) is 0 Å². The molecule has 5 rings (SSSR count). The molecule has 19 heteroatoms. The van der Waals surface area contributed by atoms with E-state index in [1.165, 1.54) is 12.0 Å². The highest BCUT2D eigenvalue weighted by Crippen LogP contribution is 2.42. The molecule has 5 aliphatic rings. The number of carbonyl (C=O) groups is 6. The van der Waals surface area contributed by atoms with Gasteiger partial charge < -0.3 is 57.1 Å². The van der Waals surface area contributed by atoms with Crippen LogP contribution in [0.2, 0.25) is 18.1 Å². The van der Waals surface area contributed by atoms with Gasteiger partial charge in [-0.3, -0.25) is 19.2 Å². The van der Waals surface area contributed by atoms with Crippen LogP contribution in [0.5, 0.6) is 0 Å². The van der Waals surface area contributed by atoms with Crippen LogP contribution in [0.15, 0.2) is 47.6 Å². The molecule has 470 valence electrons. The number of esters is 1. The Labute approximate surface area is 496 Å². The zero-order valence-corrected chi connectivity index (χ0v) is 54.2. The number of carbonyl (C=O) groups excluding carboxylic acids is 6. The van der Waals surface area contributed by atoms with Crippen LogP contribution < -0.4 is 0 Å². The zero-order chi connectivity index (χ0) is 61.8. The monoisotopic (exact) mass is 1190 g/mol. The normalized spacial score (nSPS) is 37.0. The first kappa shape index (κ1) is 69.8. The van der Waals surface area contributed by atoms with Crippen molar-refractivity contribution >= 4 is 43.7 Å². The molecule has 16 atom stereocenters. The van der Waals surface area contributed by atoms with Gasteiger partial charge in [-0.2, -0.15) is 0 Å². The van der Waals surface area contributed by atoms with E-state index < -0.39 is 104 Å². The van der Waals surface area contributed by atoms with Crippen LogP contribution in [0.25, 0.3) is 0 Å². The van der Waals surface area contributed by atoms with Gasteiger partial charge in [-0.1, -0.05) is 91.8 Å². The molecule has 0 spiro atoms. The number of methoxy groups -OCH3 is 3. The molecule has 0 aromatic heterocycles. The van der Waals surface area contributed by atoms with Crippen LogP contribution in [0.1, 0.15) is 160 Å². The van der Waals surface area contributed by atoms with Gasteiger partial charge in [0.15, 0.2) is 32.1 Å². The summed E-state index contributed by atoms with van der Waals surface area (Å²) in [6.45, 7) is 27.4. The van der Waals surface area contributed by atoms with Crippen molar-refractivity contribution in [2.75, 3.05) is 41.1 Å². The summed E-state index contributed by atoms with van der Waals surface area (Å²) in [5.41, 5.74) is 1.21. The summed E-state index contributed by atoms with van der Waals surface area (Å²) >= 11 is 0. The van der Waals surface area contributed by atoms with Crippen LogP contribution in [-0.4, -0.2) is 161 Å². The molecule has 4 aliphatic heterocycles. The molecule has 4 fully saturated rings. The number of amides is 1. The van der Waals surface area contributed by atoms with E-state index in [-0.39, 0.29) is 79.2 Å². The second-order valence-electron chi connectivity index (χ2n) is 26.5. The second-order valence-corrected chi connectivity index (χ2v) is 31.3. The van der Waals surface area contributed by atoms with Crippen molar-refractivity contribution in [1.29, 1.82) is 0 Å². The van der Waals surface area contributed by atoms with Gasteiger partial charge in [0.1, 0.15) is 30.6 Å². The lowest BCUT2D eigenvalue weighted by Gasteiger charge is -2.44. The van der Waals surface area contributed by atoms with Gasteiger partial charge >= 0.3 is 12.1 Å². The zero-order valence-electron chi connectivity index (χ0n) is 53.2. The van der Waals surface area contributed by atoms with Gasteiger partial charge in [0.25, 0.3) is 11.7 Å². The number of ether oxygens (including phenoxy) is 9. The molecule has 0 aromatic carbocycles. The van der Waals surface area contributed by atoms with E-state index in [0.29, 0.717) is 56.9 Å². The summed E-state index contributed by atoms with van der Waals surface area (Å²) in [5.74, 6) is -9.36. The molecule has 3 saturated heterocycles. The Hall–Kier alpha value is -3.92. The molecule has 83 heavy (non-hydrogen) atoms. The molecule has 0 aromatic rings. The molecular formula is C64H103NO17Si. The van der Waals surface area contributed by atoms with Crippen LogP contribution >= 0.6 is 0 Å². The Balaban J connectivity index is 1.52. The van der Waals surface area contributed by atoms with E-state index in [2.05, 4.69) is 33.9 Å². The SMILES string of the molecule is CO[C@H]1CC2CC[C@@H](C)[C@@](O)(O2)C(=O)C(=O)N2CCCCC2C(=O)O[C@H]([C@H](C)C[C@@H]2CC[C@@H](O[Si](C)(C)C(C)(C)C)[C@H](OC)C2)CC(=O)[C@H](C)/C=C(\C)[C@@H](OC(=O)OCC2COC(C)(C)O2)[C@@H](OC)C(=O)[C@H](C)C[C@H](C)/C=C/C=C/C=C/1C. The number of aliphatic hydroxyl groups is 1. The van der Waals surface area contributed by atoms with Crippen LogP contribution in [0, 0.1) is 35.5 Å². The first-order valence-electron chi connectivity index (χ1n) is 30.5. The van der Waals surface area contributed by atoms with Crippen LogP contribution in [-0.2, 0) is 71.0 Å². The third-order valence-corrected chi connectivity index (χ3v) is 22.9. The summed E-state index contributed by atoms with van der Waals surface area (Å²) in [4.78, 5) is 87.9. The first-order chi connectivity index (χ1) is 38.8. The quantitative estimate of drug-likeness (QED) is 0.0880. The molecule has 3 unspecified atom stereocenters. The number of allylic oxidation sites excluding steroid dienone is 6. The average molecular weight is 1190 g/mol. The standard InChI is InChI=1S/C64H103NO17Si/c1-39-23-19-18-20-24-40(2)52(73-13)35-47-28-26-45(7)64(72,81-47)58(68)59(69)65-30-22-21-25-49(65)60(70)78-53(42(4)33-46-27-29-51(54(34-46)74-14)82-83(16,17)62(8,9)10)36-50(66)41(3)32-44(6)56(57(75-15)55(67)43(5)31-39)79-61(71)76-37-48-38-77-63(11,12)80-48/h18-20,23-24,32,39,41-43,45-49,51-54,56-57,72H,21-22,25-31,33-38H2,1-17H3/b20-18+,23-19+,40-24+,44-32+/t39-,41-,42-,43-,45-,46+,47?,48?,49?,51-,52+,53+,54-,56-,57+,64-/m1/s1. The Morgan fingerprint density at radius 2 is 1.55 bits per heavy atom. The van der Waals surface area contributed by atoms with Crippen LogP contribution in [0.4, 0.5) is 4.79 Å². The topological polar surface area (TPSA) is 218 Å². The molecule has 1 amide bonds. The second kappa shape index (κ2) is 30.6. The number of rotatable bonds is 11. The van der Waals surface area contributed by atoms with Gasteiger partial charge in [0.05, 0.1) is 31.0 Å². The summed E-state index contributed by atoms with van der Waals surface area (Å²) in [7, 11) is 2.52. The smallest absolute Gasteiger partial charge is 0.460 e. The maximum atomic E-state index is 14.8. The number of Topliss-reactive ketones (excluding diaryl/α,β-unsaturated/α-hetero) is 3. The fourth-order valence-corrected chi connectivity index (χ4v) is 13.5. The van der Waals surface area contributed by atoms with Crippen molar-refractivity contribution in [1.82, 2.24) is 4.90 Å².